The standard InChI is InChI=1S/C8H12N2O4S/c1-8(2-3-15(13,14)5-8)10-6(11)4-9-7(10)12/h2-5H2,1H3,(H,9,12). The van der Waals surface area contributed by atoms with Crippen molar-refractivity contribution in [3.05, 3.63) is 0 Å². The lowest BCUT2D eigenvalue weighted by Crippen LogP contribution is -2.51. The molecule has 2 rings (SSSR count). The van der Waals surface area contributed by atoms with E-state index in [0.29, 0.717) is 6.42 Å². The number of urea groups is 1. The van der Waals surface area contributed by atoms with Crippen LogP contribution < -0.4 is 5.32 Å². The van der Waals surface area contributed by atoms with Gasteiger partial charge in [-0.1, -0.05) is 0 Å². The summed E-state index contributed by atoms with van der Waals surface area (Å²) in [5, 5.41) is 2.39. The summed E-state index contributed by atoms with van der Waals surface area (Å²) in [4.78, 5) is 23.9. The summed E-state index contributed by atoms with van der Waals surface area (Å²) in [6.07, 6.45) is 0.328. The van der Waals surface area contributed by atoms with Crippen LogP contribution in [-0.2, 0) is 14.6 Å². The minimum Gasteiger partial charge on any atom is -0.329 e. The fourth-order valence-electron chi connectivity index (χ4n) is 2.14. The van der Waals surface area contributed by atoms with Gasteiger partial charge in [0.1, 0.15) is 0 Å². The normalized spacial score (nSPS) is 34.6. The lowest BCUT2D eigenvalue weighted by Gasteiger charge is -2.30. The van der Waals surface area contributed by atoms with E-state index in [9.17, 15) is 18.0 Å². The van der Waals surface area contributed by atoms with Crippen molar-refractivity contribution >= 4 is 21.8 Å². The van der Waals surface area contributed by atoms with Gasteiger partial charge in [-0.3, -0.25) is 9.69 Å². The fourth-order valence-corrected chi connectivity index (χ4v) is 4.25. The number of amides is 3. The summed E-state index contributed by atoms with van der Waals surface area (Å²) in [7, 11) is -3.11. The summed E-state index contributed by atoms with van der Waals surface area (Å²) in [5.41, 5.74) is -0.865. The van der Waals surface area contributed by atoms with Crippen LogP contribution in [0, 0.1) is 0 Å². The molecule has 15 heavy (non-hydrogen) atoms. The average Bonchev–Trinajstić information content (AvgIpc) is 2.55. The molecule has 2 fully saturated rings. The highest BCUT2D eigenvalue weighted by Crippen LogP contribution is 2.30. The van der Waals surface area contributed by atoms with Gasteiger partial charge in [-0.25, -0.2) is 13.2 Å². The zero-order valence-corrected chi connectivity index (χ0v) is 9.13. The van der Waals surface area contributed by atoms with E-state index >= 15 is 0 Å². The lowest BCUT2D eigenvalue weighted by atomic mass is 10.00. The first-order valence-corrected chi connectivity index (χ1v) is 6.48. The summed E-state index contributed by atoms with van der Waals surface area (Å²) >= 11 is 0. The highest BCUT2D eigenvalue weighted by Gasteiger charge is 2.49. The van der Waals surface area contributed by atoms with Crippen molar-refractivity contribution in [3.8, 4) is 0 Å². The van der Waals surface area contributed by atoms with E-state index in [1.54, 1.807) is 6.92 Å². The molecule has 0 saturated carbocycles. The zero-order valence-electron chi connectivity index (χ0n) is 8.32. The first-order chi connectivity index (χ1) is 6.84. The van der Waals surface area contributed by atoms with Gasteiger partial charge in [0.15, 0.2) is 9.84 Å². The second-order valence-corrected chi connectivity index (χ2v) is 6.41. The van der Waals surface area contributed by atoms with Gasteiger partial charge in [-0.2, -0.15) is 0 Å². The van der Waals surface area contributed by atoms with Gasteiger partial charge in [-0.05, 0) is 13.3 Å². The summed E-state index contributed by atoms with van der Waals surface area (Å²) in [6.45, 7) is 1.61. The molecule has 7 heteroatoms. The maximum atomic E-state index is 11.4. The van der Waals surface area contributed by atoms with E-state index in [-0.39, 0.29) is 24.0 Å². The number of imide groups is 1. The van der Waals surface area contributed by atoms with Gasteiger partial charge in [0.2, 0.25) is 0 Å². The Hall–Kier alpha value is -1.11. The minimum absolute atomic E-state index is 0.0333. The molecule has 1 unspecified atom stereocenters. The molecule has 0 aromatic carbocycles. The first kappa shape index (κ1) is 10.4. The van der Waals surface area contributed by atoms with Crippen molar-refractivity contribution in [2.24, 2.45) is 0 Å². The van der Waals surface area contributed by atoms with Crippen LogP contribution in [0.4, 0.5) is 4.79 Å². The molecule has 0 bridgehead atoms. The molecular formula is C8H12N2O4S. The molecule has 3 amide bonds. The number of carbonyl (C=O) groups is 2. The van der Waals surface area contributed by atoms with Crippen molar-refractivity contribution < 1.29 is 18.0 Å². The highest BCUT2D eigenvalue weighted by molar-refractivity contribution is 7.91. The van der Waals surface area contributed by atoms with E-state index in [1.807, 2.05) is 0 Å². The number of nitrogens with one attached hydrogen (secondary N) is 1. The van der Waals surface area contributed by atoms with Gasteiger partial charge in [0, 0.05) is 0 Å². The average molecular weight is 232 g/mol. The number of sulfone groups is 1. The Bertz CT molecular complexity index is 414. The lowest BCUT2D eigenvalue weighted by molar-refractivity contribution is -0.128. The van der Waals surface area contributed by atoms with Crippen LogP contribution in [-0.4, -0.2) is 48.8 Å². The molecule has 6 nitrogen and oxygen atoms in total. The molecular weight excluding hydrogens is 220 g/mol. The van der Waals surface area contributed by atoms with Crippen molar-refractivity contribution in [2.75, 3.05) is 18.1 Å². The van der Waals surface area contributed by atoms with Crippen LogP contribution in [0.3, 0.4) is 0 Å². The topological polar surface area (TPSA) is 83.6 Å². The van der Waals surface area contributed by atoms with Crippen LogP contribution in [0.1, 0.15) is 13.3 Å². The molecule has 1 atom stereocenters. The van der Waals surface area contributed by atoms with Crippen LogP contribution in [0.15, 0.2) is 0 Å². The summed E-state index contributed by atoms with van der Waals surface area (Å²) in [5.74, 6) is -0.431. The Morgan fingerprint density at radius 3 is 2.47 bits per heavy atom. The number of rotatable bonds is 1. The number of carbonyl (C=O) groups excluding carboxylic acids is 2. The van der Waals surface area contributed by atoms with E-state index in [2.05, 4.69) is 5.32 Å². The Balaban J connectivity index is 2.31. The first-order valence-electron chi connectivity index (χ1n) is 4.65. The maximum Gasteiger partial charge on any atom is 0.325 e. The molecule has 0 aromatic rings. The quantitative estimate of drug-likeness (QED) is 0.595. The van der Waals surface area contributed by atoms with Gasteiger partial charge < -0.3 is 5.32 Å². The zero-order chi connectivity index (χ0) is 11.3. The third-order valence-corrected chi connectivity index (χ3v) is 4.75. The molecule has 0 aromatic heterocycles. The van der Waals surface area contributed by atoms with Crippen LogP contribution in [0.25, 0.3) is 0 Å². The molecule has 0 radical (unpaired) electrons. The molecule has 0 spiro atoms. The smallest absolute Gasteiger partial charge is 0.325 e. The van der Waals surface area contributed by atoms with E-state index < -0.39 is 21.4 Å². The molecule has 2 aliphatic rings. The number of nitrogens with zero attached hydrogens (tertiary/aromatic N) is 1. The molecule has 1 N–H and O–H groups in total. The largest absolute Gasteiger partial charge is 0.329 e. The van der Waals surface area contributed by atoms with E-state index in [0.717, 1.165) is 4.90 Å². The molecule has 0 aliphatic carbocycles. The van der Waals surface area contributed by atoms with Gasteiger partial charge in [-0.15, -0.1) is 0 Å². The van der Waals surface area contributed by atoms with E-state index in [4.69, 9.17) is 0 Å². The van der Waals surface area contributed by atoms with Crippen LogP contribution in [0.2, 0.25) is 0 Å². The molecule has 2 saturated heterocycles. The Labute approximate surface area is 87.5 Å². The van der Waals surface area contributed by atoms with Crippen molar-refractivity contribution in [1.29, 1.82) is 0 Å². The maximum absolute atomic E-state index is 11.4. The second kappa shape index (κ2) is 2.94. The van der Waals surface area contributed by atoms with Crippen molar-refractivity contribution in [2.45, 2.75) is 18.9 Å². The predicted octanol–water partition coefficient (Wildman–Crippen LogP) is -0.885. The highest BCUT2D eigenvalue weighted by atomic mass is 32.2. The summed E-state index contributed by atoms with van der Waals surface area (Å²) < 4.78 is 22.7. The Morgan fingerprint density at radius 2 is 2.07 bits per heavy atom. The molecule has 2 aliphatic heterocycles. The van der Waals surface area contributed by atoms with Crippen LogP contribution in [0.5, 0.6) is 0 Å². The van der Waals surface area contributed by atoms with Crippen molar-refractivity contribution in [1.82, 2.24) is 10.2 Å². The predicted molar refractivity (Wildman–Crippen MR) is 51.9 cm³/mol. The SMILES string of the molecule is CC1(N2C(=O)CNC2=O)CCS(=O)(=O)C1. The van der Waals surface area contributed by atoms with Crippen molar-refractivity contribution in [3.63, 3.8) is 0 Å². The summed E-state index contributed by atoms with van der Waals surface area (Å²) in [6, 6.07) is -0.486. The minimum atomic E-state index is -3.11. The van der Waals surface area contributed by atoms with Gasteiger partial charge in [0.25, 0.3) is 5.91 Å². The molecule has 2 heterocycles. The monoisotopic (exact) mass is 232 g/mol. The fraction of sp³-hybridized carbons (Fsp3) is 0.750. The molecule has 84 valence electrons. The van der Waals surface area contributed by atoms with Gasteiger partial charge >= 0.3 is 6.03 Å². The van der Waals surface area contributed by atoms with Crippen LogP contribution >= 0.6 is 0 Å². The van der Waals surface area contributed by atoms with Gasteiger partial charge in [0.05, 0.1) is 23.6 Å². The Kier molecular flexibility index (Phi) is 2.04. The number of hydrogen-bond acceptors (Lipinski definition) is 4. The van der Waals surface area contributed by atoms with E-state index in [1.165, 1.54) is 0 Å². The number of hydrogen-bond donors (Lipinski definition) is 1. The third kappa shape index (κ3) is 1.60. The Morgan fingerprint density at radius 1 is 1.40 bits per heavy atom. The third-order valence-electron chi connectivity index (χ3n) is 2.87. The second-order valence-electron chi connectivity index (χ2n) is 4.23.